The minimum atomic E-state index is 0.372. The molecule has 0 aliphatic rings. The average Bonchev–Trinajstić information content (AvgIpc) is 3.01. The van der Waals surface area contributed by atoms with Crippen LogP contribution in [0.1, 0.15) is 5.89 Å². The molecule has 3 rings (SSSR count). The zero-order valence-electron chi connectivity index (χ0n) is 11.5. The topological polar surface area (TPSA) is 48.2 Å². The summed E-state index contributed by atoms with van der Waals surface area (Å²) >= 11 is 12.0. The molecule has 1 heterocycles. The van der Waals surface area contributed by atoms with Crippen molar-refractivity contribution in [2.45, 2.75) is 6.42 Å². The van der Waals surface area contributed by atoms with Gasteiger partial charge in [0.1, 0.15) is 10.8 Å². The fourth-order valence-electron chi connectivity index (χ4n) is 1.90. The minimum absolute atomic E-state index is 0.372. The molecule has 0 aliphatic carbocycles. The van der Waals surface area contributed by atoms with Crippen molar-refractivity contribution in [3.8, 4) is 17.2 Å². The maximum Gasteiger partial charge on any atom is 0.247 e. The lowest BCUT2D eigenvalue weighted by Crippen LogP contribution is -2.02. The predicted molar refractivity (Wildman–Crippen MR) is 85.4 cm³/mol. The van der Waals surface area contributed by atoms with Gasteiger partial charge in [-0.2, -0.15) is 0 Å². The molecule has 0 spiro atoms. The molecule has 0 radical (unpaired) electrons. The summed E-state index contributed by atoms with van der Waals surface area (Å²) in [6.07, 6.45) is 0.489. The van der Waals surface area contributed by atoms with Gasteiger partial charge < -0.3 is 9.15 Å². The molecule has 22 heavy (non-hydrogen) atoms. The first-order valence-corrected chi connectivity index (χ1v) is 7.44. The van der Waals surface area contributed by atoms with E-state index in [2.05, 4.69) is 10.2 Å². The Morgan fingerprint density at radius 2 is 1.77 bits per heavy atom. The Bertz CT molecular complexity index is 760. The van der Waals surface area contributed by atoms with E-state index in [4.69, 9.17) is 32.4 Å². The molecule has 0 amide bonds. The van der Waals surface area contributed by atoms with E-state index in [9.17, 15) is 0 Å². The molecule has 2 aromatic carbocycles. The normalized spacial score (nSPS) is 10.6. The van der Waals surface area contributed by atoms with Gasteiger partial charge in [-0.05, 0) is 24.3 Å². The van der Waals surface area contributed by atoms with Gasteiger partial charge >= 0.3 is 0 Å². The van der Waals surface area contributed by atoms with E-state index in [1.54, 1.807) is 18.2 Å². The fourth-order valence-corrected chi connectivity index (χ4v) is 2.24. The van der Waals surface area contributed by atoms with Crippen molar-refractivity contribution in [1.29, 1.82) is 0 Å². The summed E-state index contributed by atoms with van der Waals surface area (Å²) in [7, 11) is 0. The van der Waals surface area contributed by atoms with Gasteiger partial charge in [0.25, 0.3) is 0 Å². The average molecular weight is 335 g/mol. The number of aromatic nitrogens is 2. The molecule has 0 unspecified atom stereocenters. The van der Waals surface area contributed by atoms with Crippen molar-refractivity contribution in [1.82, 2.24) is 10.2 Å². The molecule has 0 atom stereocenters. The van der Waals surface area contributed by atoms with Crippen LogP contribution in [0.15, 0.2) is 52.9 Å². The predicted octanol–water partition coefficient (Wildman–Crippen LogP) is 4.66. The lowest BCUT2D eigenvalue weighted by Gasteiger charge is -2.07. The lowest BCUT2D eigenvalue weighted by atomic mass is 10.2. The van der Waals surface area contributed by atoms with E-state index < -0.39 is 0 Å². The second-order valence-corrected chi connectivity index (χ2v) is 5.30. The first-order valence-electron chi connectivity index (χ1n) is 6.68. The monoisotopic (exact) mass is 334 g/mol. The van der Waals surface area contributed by atoms with Crippen molar-refractivity contribution in [3.63, 3.8) is 0 Å². The van der Waals surface area contributed by atoms with E-state index in [0.29, 0.717) is 40.6 Å². The Balaban J connectivity index is 1.61. The highest BCUT2D eigenvalue weighted by atomic mass is 35.5. The van der Waals surface area contributed by atoms with Gasteiger partial charge in [0.15, 0.2) is 0 Å². The number of benzene rings is 2. The van der Waals surface area contributed by atoms with Gasteiger partial charge in [0, 0.05) is 5.56 Å². The lowest BCUT2D eigenvalue weighted by molar-refractivity contribution is 0.307. The van der Waals surface area contributed by atoms with E-state index >= 15 is 0 Å². The van der Waals surface area contributed by atoms with Crippen molar-refractivity contribution in [3.05, 3.63) is 64.5 Å². The number of ether oxygens (including phenoxy) is 1. The number of rotatable bonds is 5. The van der Waals surface area contributed by atoms with E-state index in [0.717, 1.165) is 5.56 Å². The number of hydrogen-bond donors (Lipinski definition) is 0. The van der Waals surface area contributed by atoms with Crippen LogP contribution in [-0.2, 0) is 6.42 Å². The zero-order chi connectivity index (χ0) is 15.4. The zero-order valence-corrected chi connectivity index (χ0v) is 13.0. The highest BCUT2D eigenvalue weighted by Crippen LogP contribution is 2.31. The van der Waals surface area contributed by atoms with Crippen LogP contribution in [0.25, 0.3) is 11.5 Å². The second-order valence-electron chi connectivity index (χ2n) is 4.52. The summed E-state index contributed by atoms with van der Waals surface area (Å²) < 4.78 is 11.2. The third kappa shape index (κ3) is 3.40. The second kappa shape index (κ2) is 6.81. The van der Waals surface area contributed by atoms with Crippen LogP contribution in [0.5, 0.6) is 5.75 Å². The standard InChI is InChI=1S/C16H12Cl2N2O2/c17-12-7-4-8-13(15(12)18)21-10-9-14-19-20-16(22-14)11-5-2-1-3-6-11/h1-8H,9-10H2. The van der Waals surface area contributed by atoms with Gasteiger partial charge in [-0.15, -0.1) is 10.2 Å². The molecular formula is C16H12Cl2N2O2. The largest absolute Gasteiger partial charge is 0.491 e. The molecule has 4 nitrogen and oxygen atoms in total. The first-order chi connectivity index (χ1) is 10.7. The molecule has 112 valence electrons. The highest BCUT2D eigenvalue weighted by Gasteiger charge is 2.09. The minimum Gasteiger partial charge on any atom is -0.491 e. The molecule has 1 aromatic heterocycles. The van der Waals surface area contributed by atoms with Gasteiger partial charge in [-0.25, -0.2) is 0 Å². The third-order valence-corrected chi connectivity index (χ3v) is 3.78. The van der Waals surface area contributed by atoms with Gasteiger partial charge in [-0.1, -0.05) is 47.5 Å². The van der Waals surface area contributed by atoms with E-state index in [1.165, 1.54) is 0 Å². The van der Waals surface area contributed by atoms with Crippen LogP contribution in [0.2, 0.25) is 10.0 Å². The first kappa shape index (κ1) is 14.9. The fraction of sp³-hybridized carbons (Fsp3) is 0.125. The molecular weight excluding hydrogens is 323 g/mol. The number of hydrogen-bond acceptors (Lipinski definition) is 4. The molecule has 0 aliphatic heterocycles. The van der Waals surface area contributed by atoms with Crippen LogP contribution in [0.3, 0.4) is 0 Å². The summed E-state index contributed by atoms with van der Waals surface area (Å²) in [5.74, 6) is 1.55. The van der Waals surface area contributed by atoms with Crippen molar-refractivity contribution < 1.29 is 9.15 Å². The molecule has 6 heteroatoms. The van der Waals surface area contributed by atoms with Crippen molar-refractivity contribution >= 4 is 23.2 Å². The summed E-state index contributed by atoms with van der Waals surface area (Å²) in [5, 5.41) is 8.90. The quantitative estimate of drug-likeness (QED) is 0.680. The summed E-state index contributed by atoms with van der Waals surface area (Å²) in [5.41, 5.74) is 0.889. The molecule has 0 N–H and O–H groups in total. The smallest absolute Gasteiger partial charge is 0.247 e. The summed E-state index contributed by atoms with van der Waals surface area (Å²) in [6.45, 7) is 0.372. The van der Waals surface area contributed by atoms with Crippen molar-refractivity contribution in [2.24, 2.45) is 0 Å². The van der Waals surface area contributed by atoms with Crippen LogP contribution < -0.4 is 4.74 Å². The van der Waals surface area contributed by atoms with Gasteiger partial charge in [-0.3, -0.25) is 0 Å². The maximum absolute atomic E-state index is 6.05. The maximum atomic E-state index is 6.05. The van der Waals surface area contributed by atoms with E-state index in [1.807, 2.05) is 30.3 Å². The molecule has 3 aromatic rings. The van der Waals surface area contributed by atoms with Crippen molar-refractivity contribution in [2.75, 3.05) is 6.61 Å². The summed E-state index contributed by atoms with van der Waals surface area (Å²) in [6, 6.07) is 14.9. The number of halogens is 2. The highest BCUT2D eigenvalue weighted by molar-refractivity contribution is 6.42. The Kier molecular flexibility index (Phi) is 4.61. The van der Waals surface area contributed by atoms with Crippen LogP contribution in [0.4, 0.5) is 0 Å². The van der Waals surface area contributed by atoms with Gasteiger partial charge in [0.2, 0.25) is 11.8 Å². The Morgan fingerprint density at radius 1 is 0.955 bits per heavy atom. The van der Waals surface area contributed by atoms with Crippen LogP contribution in [-0.4, -0.2) is 16.8 Å². The van der Waals surface area contributed by atoms with Crippen LogP contribution in [0, 0.1) is 0 Å². The van der Waals surface area contributed by atoms with E-state index in [-0.39, 0.29) is 0 Å². The SMILES string of the molecule is Clc1cccc(OCCc2nnc(-c3ccccc3)o2)c1Cl. The molecule has 0 saturated carbocycles. The molecule has 0 fully saturated rings. The molecule has 0 saturated heterocycles. The van der Waals surface area contributed by atoms with Crippen LogP contribution >= 0.6 is 23.2 Å². The Hall–Kier alpha value is -2.04. The Labute approximate surface area is 137 Å². The van der Waals surface area contributed by atoms with Gasteiger partial charge in [0.05, 0.1) is 18.1 Å². The third-order valence-electron chi connectivity index (χ3n) is 2.98. The Morgan fingerprint density at radius 3 is 2.59 bits per heavy atom. The molecule has 0 bridgehead atoms. The summed E-state index contributed by atoms with van der Waals surface area (Å²) in [4.78, 5) is 0. The number of nitrogens with zero attached hydrogens (tertiary/aromatic N) is 2.